The van der Waals surface area contributed by atoms with Gasteiger partial charge in [0, 0.05) is 27.6 Å². The number of amides is 1. The predicted octanol–water partition coefficient (Wildman–Crippen LogP) is 4.31. The number of carbonyl (C=O) groups is 1. The van der Waals surface area contributed by atoms with Crippen molar-refractivity contribution in [3.05, 3.63) is 52.6 Å². The van der Waals surface area contributed by atoms with Gasteiger partial charge in [-0.05, 0) is 54.0 Å². The van der Waals surface area contributed by atoms with E-state index in [1.54, 1.807) is 12.3 Å². The number of pyridine rings is 1. The molecule has 1 aromatic heterocycles. The summed E-state index contributed by atoms with van der Waals surface area (Å²) in [5, 5.41) is 3.70. The Hall–Kier alpha value is -0.790. The highest BCUT2D eigenvalue weighted by Gasteiger charge is 2.16. The SMILES string of the molecule is CC(C)(N)CNC(=O)c1ccccc1Sc1ccc(Br)cn1.Cl.Cl. The topological polar surface area (TPSA) is 68.0 Å². The van der Waals surface area contributed by atoms with Crippen LogP contribution in [0.5, 0.6) is 0 Å². The van der Waals surface area contributed by atoms with E-state index >= 15 is 0 Å². The minimum atomic E-state index is -0.439. The fourth-order valence-corrected chi connectivity index (χ4v) is 2.80. The molecule has 1 amide bonds. The summed E-state index contributed by atoms with van der Waals surface area (Å²) < 4.78 is 0.924. The van der Waals surface area contributed by atoms with Crippen molar-refractivity contribution >= 4 is 58.4 Å². The van der Waals surface area contributed by atoms with Gasteiger partial charge >= 0.3 is 0 Å². The third-order valence-corrected chi connectivity index (χ3v) is 4.25. The number of halogens is 3. The average Bonchev–Trinajstić information content (AvgIpc) is 2.47. The minimum Gasteiger partial charge on any atom is -0.350 e. The molecular formula is C16H20BrCl2N3OS. The standard InChI is InChI=1S/C16H18BrN3OS.2ClH/c1-16(2,18)10-20-15(21)12-5-3-4-6-13(12)22-14-8-7-11(17)9-19-14;;/h3-9H,10,18H2,1-2H3,(H,20,21);2*1H. The predicted molar refractivity (Wildman–Crippen MR) is 108 cm³/mol. The number of nitrogens with one attached hydrogen (secondary N) is 1. The number of aromatic nitrogens is 1. The fourth-order valence-electron chi connectivity index (χ4n) is 1.68. The maximum absolute atomic E-state index is 12.3. The quantitative estimate of drug-likeness (QED) is 0.709. The second-order valence-corrected chi connectivity index (χ2v) is 7.56. The number of nitrogens with zero attached hydrogens (tertiary/aromatic N) is 1. The molecule has 3 N–H and O–H groups in total. The zero-order chi connectivity index (χ0) is 16.2. The Morgan fingerprint density at radius 1 is 1.25 bits per heavy atom. The van der Waals surface area contributed by atoms with Crippen LogP contribution in [0.2, 0.25) is 0 Å². The second kappa shape index (κ2) is 10.3. The first-order chi connectivity index (χ1) is 10.3. The Bertz CT molecular complexity index is 663. The molecule has 0 spiro atoms. The Morgan fingerprint density at radius 3 is 2.50 bits per heavy atom. The molecule has 8 heteroatoms. The first kappa shape index (κ1) is 23.2. The van der Waals surface area contributed by atoms with Gasteiger partial charge in [0.15, 0.2) is 0 Å². The maximum Gasteiger partial charge on any atom is 0.252 e. The van der Waals surface area contributed by atoms with Crippen LogP contribution in [0.4, 0.5) is 0 Å². The van der Waals surface area contributed by atoms with E-state index in [-0.39, 0.29) is 30.7 Å². The van der Waals surface area contributed by atoms with E-state index in [2.05, 4.69) is 26.2 Å². The van der Waals surface area contributed by atoms with Gasteiger partial charge in [-0.3, -0.25) is 4.79 Å². The van der Waals surface area contributed by atoms with E-state index in [1.165, 1.54) is 11.8 Å². The van der Waals surface area contributed by atoms with Crippen molar-refractivity contribution in [3.63, 3.8) is 0 Å². The summed E-state index contributed by atoms with van der Waals surface area (Å²) in [6.07, 6.45) is 1.74. The summed E-state index contributed by atoms with van der Waals surface area (Å²) in [7, 11) is 0. The van der Waals surface area contributed by atoms with Crippen LogP contribution >= 0.6 is 52.5 Å². The van der Waals surface area contributed by atoms with Gasteiger partial charge in [-0.1, -0.05) is 23.9 Å². The highest BCUT2D eigenvalue weighted by atomic mass is 79.9. The van der Waals surface area contributed by atoms with Crippen molar-refractivity contribution in [2.45, 2.75) is 29.3 Å². The number of benzene rings is 1. The number of hydrogen-bond acceptors (Lipinski definition) is 4. The molecule has 0 aliphatic rings. The summed E-state index contributed by atoms with van der Waals surface area (Å²) in [6.45, 7) is 4.17. The Morgan fingerprint density at radius 2 is 1.92 bits per heavy atom. The van der Waals surface area contributed by atoms with Crippen LogP contribution in [0.15, 0.2) is 57.0 Å². The summed E-state index contributed by atoms with van der Waals surface area (Å²) in [5.74, 6) is -0.126. The minimum absolute atomic E-state index is 0. The lowest BCUT2D eigenvalue weighted by Gasteiger charge is -2.19. The number of hydrogen-bond donors (Lipinski definition) is 2. The van der Waals surface area contributed by atoms with Gasteiger partial charge in [0.25, 0.3) is 5.91 Å². The van der Waals surface area contributed by atoms with Crippen LogP contribution in [-0.4, -0.2) is 23.0 Å². The van der Waals surface area contributed by atoms with E-state index in [0.29, 0.717) is 12.1 Å². The molecule has 0 aliphatic heterocycles. The molecule has 2 rings (SSSR count). The van der Waals surface area contributed by atoms with Gasteiger partial charge < -0.3 is 11.1 Å². The Labute approximate surface area is 167 Å². The third kappa shape index (κ3) is 7.40. The molecule has 1 heterocycles. The first-order valence-electron chi connectivity index (χ1n) is 6.81. The van der Waals surface area contributed by atoms with Crippen molar-refractivity contribution < 1.29 is 4.79 Å². The molecule has 0 saturated heterocycles. The van der Waals surface area contributed by atoms with Gasteiger partial charge in [-0.15, -0.1) is 24.8 Å². The molecule has 0 aliphatic carbocycles. The van der Waals surface area contributed by atoms with Crippen LogP contribution in [0.25, 0.3) is 0 Å². The van der Waals surface area contributed by atoms with E-state index in [0.717, 1.165) is 14.4 Å². The lowest BCUT2D eigenvalue weighted by molar-refractivity contribution is 0.0943. The van der Waals surface area contributed by atoms with Gasteiger partial charge in [0.1, 0.15) is 5.03 Å². The monoisotopic (exact) mass is 451 g/mol. The number of rotatable bonds is 5. The zero-order valence-electron chi connectivity index (χ0n) is 13.3. The second-order valence-electron chi connectivity index (χ2n) is 5.58. The van der Waals surface area contributed by atoms with Crippen molar-refractivity contribution in [2.75, 3.05) is 6.54 Å². The summed E-state index contributed by atoms with van der Waals surface area (Å²) in [4.78, 5) is 17.5. The average molecular weight is 453 g/mol. The molecule has 132 valence electrons. The summed E-state index contributed by atoms with van der Waals surface area (Å²) in [5.41, 5.74) is 6.09. The Kier molecular flexibility index (Phi) is 9.92. The highest BCUT2D eigenvalue weighted by Crippen LogP contribution is 2.29. The molecule has 0 radical (unpaired) electrons. The van der Waals surface area contributed by atoms with Gasteiger partial charge in [0.05, 0.1) is 5.56 Å². The van der Waals surface area contributed by atoms with E-state index in [9.17, 15) is 4.79 Å². The summed E-state index contributed by atoms with van der Waals surface area (Å²) >= 11 is 4.82. The number of carbonyl (C=O) groups excluding carboxylic acids is 1. The summed E-state index contributed by atoms with van der Waals surface area (Å²) in [6, 6.07) is 11.3. The van der Waals surface area contributed by atoms with Crippen molar-refractivity contribution in [1.29, 1.82) is 0 Å². The molecule has 0 fully saturated rings. The van der Waals surface area contributed by atoms with Gasteiger partial charge in [-0.2, -0.15) is 0 Å². The smallest absolute Gasteiger partial charge is 0.252 e. The van der Waals surface area contributed by atoms with Crippen LogP contribution < -0.4 is 11.1 Å². The van der Waals surface area contributed by atoms with Crippen LogP contribution in [0.3, 0.4) is 0 Å². The molecule has 24 heavy (non-hydrogen) atoms. The van der Waals surface area contributed by atoms with Crippen molar-refractivity contribution in [3.8, 4) is 0 Å². The molecule has 4 nitrogen and oxygen atoms in total. The third-order valence-electron chi connectivity index (χ3n) is 2.75. The largest absolute Gasteiger partial charge is 0.350 e. The zero-order valence-corrected chi connectivity index (χ0v) is 17.3. The first-order valence-corrected chi connectivity index (χ1v) is 8.42. The number of nitrogens with two attached hydrogens (primary N) is 1. The molecule has 0 bridgehead atoms. The fraction of sp³-hybridized carbons (Fsp3) is 0.250. The lowest BCUT2D eigenvalue weighted by Crippen LogP contribution is -2.45. The van der Waals surface area contributed by atoms with Crippen molar-refractivity contribution in [2.24, 2.45) is 5.73 Å². The highest BCUT2D eigenvalue weighted by molar-refractivity contribution is 9.10. The van der Waals surface area contributed by atoms with E-state index in [1.807, 2.05) is 44.2 Å². The van der Waals surface area contributed by atoms with Gasteiger partial charge in [-0.25, -0.2) is 4.98 Å². The van der Waals surface area contributed by atoms with Crippen LogP contribution in [0.1, 0.15) is 24.2 Å². The Balaban J connectivity index is 0.00000264. The molecule has 0 saturated carbocycles. The maximum atomic E-state index is 12.3. The normalized spacial score (nSPS) is 10.3. The molecule has 0 atom stereocenters. The molecular weight excluding hydrogens is 433 g/mol. The van der Waals surface area contributed by atoms with E-state index in [4.69, 9.17) is 5.73 Å². The van der Waals surface area contributed by atoms with Crippen molar-refractivity contribution in [1.82, 2.24) is 10.3 Å². The van der Waals surface area contributed by atoms with Crippen LogP contribution in [-0.2, 0) is 0 Å². The van der Waals surface area contributed by atoms with Gasteiger partial charge in [0.2, 0.25) is 0 Å². The van der Waals surface area contributed by atoms with Crippen LogP contribution in [0, 0.1) is 0 Å². The molecule has 1 aromatic carbocycles. The lowest BCUT2D eigenvalue weighted by atomic mass is 10.1. The molecule has 2 aromatic rings. The molecule has 0 unspecified atom stereocenters. The van der Waals surface area contributed by atoms with E-state index < -0.39 is 5.54 Å².